The van der Waals surface area contributed by atoms with Crippen LogP contribution >= 0.6 is 0 Å². The summed E-state index contributed by atoms with van der Waals surface area (Å²) in [7, 11) is 0. The highest BCUT2D eigenvalue weighted by Crippen LogP contribution is 2.45. The van der Waals surface area contributed by atoms with Gasteiger partial charge in [0.05, 0.1) is 6.08 Å². The quantitative estimate of drug-likeness (QED) is 0.394. The van der Waals surface area contributed by atoms with Crippen molar-refractivity contribution >= 4 is 0 Å². The number of rotatable bonds is 7. The van der Waals surface area contributed by atoms with Crippen molar-refractivity contribution in [2.45, 2.75) is 83.2 Å². The maximum atomic E-state index is 14.3. The van der Waals surface area contributed by atoms with E-state index in [2.05, 4.69) is 11.7 Å². The van der Waals surface area contributed by atoms with E-state index in [0.29, 0.717) is 0 Å². The molecule has 0 spiro atoms. The molecule has 2 aliphatic carbocycles. The van der Waals surface area contributed by atoms with Crippen LogP contribution in [0.25, 0.3) is 0 Å². The van der Waals surface area contributed by atoms with E-state index in [4.69, 9.17) is 0 Å². The normalized spacial score (nSPS) is 27.5. The van der Waals surface area contributed by atoms with Crippen molar-refractivity contribution in [3.8, 4) is 5.75 Å². The number of benzene rings is 1. The Morgan fingerprint density at radius 2 is 1.60 bits per heavy atom. The van der Waals surface area contributed by atoms with E-state index in [1.165, 1.54) is 44.6 Å². The largest absolute Gasteiger partial charge is 0.426 e. The molecule has 168 valence electrons. The molecule has 3 rings (SSSR count). The highest BCUT2D eigenvalue weighted by atomic mass is 19.3. The molecule has 2 fully saturated rings. The van der Waals surface area contributed by atoms with E-state index in [1.807, 2.05) is 0 Å². The van der Waals surface area contributed by atoms with Gasteiger partial charge in [0, 0.05) is 0 Å². The second-order valence-corrected chi connectivity index (χ2v) is 8.97. The molecule has 2 aliphatic rings. The summed E-state index contributed by atoms with van der Waals surface area (Å²) in [5.41, 5.74) is 0.764. The standard InChI is InChI=1S/C24H31F5O/c1-2-3-16-4-6-17(7-5-16)18-8-10-19(11-9-18)20-12-13-22(21(25)14-20)30-24(28,29)15-23(26)27/h12-19H,2-11H2,1H3. The zero-order valence-corrected chi connectivity index (χ0v) is 17.5. The smallest absolute Gasteiger partial charge is 0.425 e. The molecule has 0 atom stereocenters. The molecule has 0 bridgehead atoms. The minimum absolute atomic E-state index is 0.199. The summed E-state index contributed by atoms with van der Waals surface area (Å²) in [4.78, 5) is 0. The molecular weight excluding hydrogens is 399 g/mol. The van der Waals surface area contributed by atoms with Crippen molar-refractivity contribution in [2.75, 3.05) is 0 Å². The van der Waals surface area contributed by atoms with Crippen molar-refractivity contribution in [1.29, 1.82) is 0 Å². The first-order valence-electron chi connectivity index (χ1n) is 11.2. The van der Waals surface area contributed by atoms with Crippen molar-refractivity contribution in [3.05, 3.63) is 41.7 Å². The number of hydrogen-bond donors (Lipinski definition) is 0. The van der Waals surface area contributed by atoms with Crippen LogP contribution in [-0.2, 0) is 0 Å². The Labute approximate surface area is 175 Å². The minimum atomic E-state index is -4.25. The van der Waals surface area contributed by atoms with E-state index in [9.17, 15) is 22.0 Å². The van der Waals surface area contributed by atoms with Gasteiger partial charge in [-0.3, -0.25) is 0 Å². The molecule has 0 radical (unpaired) electrons. The molecular formula is C24H31F5O. The van der Waals surface area contributed by atoms with Crippen LogP contribution in [0.3, 0.4) is 0 Å². The summed E-state index contributed by atoms with van der Waals surface area (Å²) in [6.07, 6.45) is 4.65. The zero-order chi connectivity index (χ0) is 21.7. The monoisotopic (exact) mass is 430 g/mol. The summed E-state index contributed by atoms with van der Waals surface area (Å²) >= 11 is 0. The average molecular weight is 431 g/mol. The van der Waals surface area contributed by atoms with Crippen molar-refractivity contribution < 1.29 is 26.7 Å². The van der Waals surface area contributed by atoms with Crippen molar-refractivity contribution in [3.63, 3.8) is 0 Å². The molecule has 0 heterocycles. The van der Waals surface area contributed by atoms with Gasteiger partial charge >= 0.3 is 6.11 Å². The zero-order valence-electron chi connectivity index (χ0n) is 17.5. The first-order chi connectivity index (χ1) is 14.3. The Morgan fingerprint density at radius 1 is 1.00 bits per heavy atom. The lowest BCUT2D eigenvalue weighted by molar-refractivity contribution is -0.135. The molecule has 0 amide bonds. The predicted octanol–water partition coefficient (Wildman–Crippen LogP) is 8.46. The van der Waals surface area contributed by atoms with Gasteiger partial charge in [0.1, 0.15) is 0 Å². The van der Waals surface area contributed by atoms with E-state index in [-0.39, 0.29) is 5.92 Å². The third-order valence-corrected chi connectivity index (χ3v) is 6.98. The molecule has 0 N–H and O–H groups in total. The lowest BCUT2D eigenvalue weighted by atomic mass is 9.68. The van der Waals surface area contributed by atoms with Crippen LogP contribution in [0.5, 0.6) is 5.75 Å². The van der Waals surface area contributed by atoms with Gasteiger partial charge in [-0.15, -0.1) is 0 Å². The fraction of sp³-hybridized carbons (Fsp3) is 0.667. The third-order valence-electron chi connectivity index (χ3n) is 6.98. The SMILES string of the molecule is CCCC1CCC(C2CCC(c3ccc(OC(F)(F)C=C(F)F)c(F)c3)CC2)CC1. The Morgan fingerprint density at radius 3 is 2.13 bits per heavy atom. The number of ether oxygens (including phenoxy) is 1. The first kappa shape index (κ1) is 23.1. The third kappa shape index (κ3) is 6.21. The maximum absolute atomic E-state index is 14.3. The van der Waals surface area contributed by atoms with E-state index in [0.717, 1.165) is 55.1 Å². The average Bonchev–Trinajstić information content (AvgIpc) is 2.69. The van der Waals surface area contributed by atoms with Crippen LogP contribution < -0.4 is 4.74 Å². The fourth-order valence-corrected chi connectivity index (χ4v) is 5.44. The first-order valence-corrected chi connectivity index (χ1v) is 11.2. The van der Waals surface area contributed by atoms with Crippen LogP contribution in [0, 0.1) is 23.6 Å². The summed E-state index contributed by atoms with van der Waals surface area (Å²) in [6.45, 7) is 2.25. The molecule has 0 aromatic heterocycles. The van der Waals surface area contributed by atoms with Crippen molar-refractivity contribution in [2.24, 2.45) is 17.8 Å². The van der Waals surface area contributed by atoms with Crippen LogP contribution in [0.2, 0.25) is 0 Å². The van der Waals surface area contributed by atoms with Crippen LogP contribution in [0.4, 0.5) is 22.0 Å². The van der Waals surface area contributed by atoms with E-state index in [1.54, 1.807) is 6.07 Å². The molecule has 1 nitrogen and oxygen atoms in total. The molecule has 2 saturated carbocycles. The molecule has 6 heteroatoms. The fourth-order valence-electron chi connectivity index (χ4n) is 5.44. The Kier molecular flexibility index (Phi) is 7.81. The number of halogens is 5. The molecule has 1 aromatic rings. The van der Waals surface area contributed by atoms with E-state index < -0.39 is 29.8 Å². The summed E-state index contributed by atoms with van der Waals surface area (Å²) in [6, 6.07) is 3.90. The predicted molar refractivity (Wildman–Crippen MR) is 107 cm³/mol. The number of hydrogen-bond acceptors (Lipinski definition) is 1. The van der Waals surface area contributed by atoms with Gasteiger partial charge < -0.3 is 4.74 Å². The van der Waals surface area contributed by atoms with Crippen LogP contribution in [-0.4, -0.2) is 6.11 Å². The molecule has 0 aliphatic heterocycles. The van der Waals surface area contributed by atoms with Crippen LogP contribution in [0.1, 0.15) is 82.6 Å². The topological polar surface area (TPSA) is 9.23 Å². The second-order valence-electron chi connectivity index (χ2n) is 8.97. The van der Waals surface area contributed by atoms with Crippen molar-refractivity contribution in [1.82, 2.24) is 0 Å². The van der Waals surface area contributed by atoms with Gasteiger partial charge in [0.15, 0.2) is 11.6 Å². The molecule has 1 aromatic carbocycles. The van der Waals surface area contributed by atoms with Crippen LogP contribution in [0.15, 0.2) is 30.4 Å². The van der Waals surface area contributed by atoms with Gasteiger partial charge in [-0.25, -0.2) is 4.39 Å². The lowest BCUT2D eigenvalue weighted by Gasteiger charge is -2.38. The van der Waals surface area contributed by atoms with Gasteiger partial charge in [0.25, 0.3) is 6.08 Å². The summed E-state index contributed by atoms with van der Waals surface area (Å²) in [5.74, 6) is 0.964. The van der Waals surface area contributed by atoms with E-state index >= 15 is 0 Å². The summed E-state index contributed by atoms with van der Waals surface area (Å²) < 4.78 is 69.2. The molecule has 0 saturated heterocycles. The summed E-state index contributed by atoms with van der Waals surface area (Å²) in [5, 5.41) is 0. The lowest BCUT2D eigenvalue weighted by Crippen LogP contribution is -2.25. The molecule has 30 heavy (non-hydrogen) atoms. The van der Waals surface area contributed by atoms with Gasteiger partial charge in [-0.05, 0) is 79.9 Å². The Hall–Kier alpha value is -1.59. The van der Waals surface area contributed by atoms with Gasteiger partial charge in [0.2, 0.25) is 0 Å². The second kappa shape index (κ2) is 10.1. The minimum Gasteiger partial charge on any atom is -0.426 e. The Balaban J connectivity index is 1.53. The van der Waals surface area contributed by atoms with Gasteiger partial charge in [-0.1, -0.05) is 38.7 Å². The maximum Gasteiger partial charge on any atom is 0.425 e. The highest BCUT2D eigenvalue weighted by molar-refractivity contribution is 5.32. The molecule has 0 unspecified atom stereocenters. The number of alkyl halides is 2. The Bertz CT molecular complexity index is 712. The van der Waals surface area contributed by atoms with Gasteiger partial charge in [-0.2, -0.15) is 17.6 Å². The highest BCUT2D eigenvalue weighted by Gasteiger charge is 2.33.